The Balaban J connectivity index is 1.83. The van der Waals surface area contributed by atoms with E-state index in [4.69, 9.17) is 10.5 Å². The molecule has 2 aromatic heterocycles. The van der Waals surface area contributed by atoms with Gasteiger partial charge in [-0.15, -0.1) is 0 Å². The SMILES string of the molecule is CC[C@H](O)[C@@H]1C[C@@H](C(O)c2ccccc2)[C@H](n2c(=O)sc3c(=O)[nH]c(N)nc32)O1. The van der Waals surface area contributed by atoms with Crippen LogP contribution in [0, 0.1) is 5.92 Å². The predicted molar refractivity (Wildman–Crippen MR) is 109 cm³/mol. The molecule has 4 rings (SSSR count). The first-order valence-electron chi connectivity index (χ1n) is 9.38. The Labute approximate surface area is 169 Å². The number of H-pyrrole nitrogens is 1. The third-order valence-corrected chi connectivity index (χ3v) is 6.27. The number of nitrogens with zero attached hydrogens (tertiary/aromatic N) is 2. The maximum atomic E-state index is 12.8. The number of fused-ring (bicyclic) bond motifs is 1. The van der Waals surface area contributed by atoms with E-state index in [-0.39, 0.29) is 16.3 Å². The van der Waals surface area contributed by atoms with Crippen molar-refractivity contribution >= 4 is 27.6 Å². The number of benzene rings is 1. The van der Waals surface area contributed by atoms with Gasteiger partial charge in [0.05, 0.1) is 18.3 Å². The van der Waals surface area contributed by atoms with Crippen LogP contribution in [0.2, 0.25) is 0 Å². The van der Waals surface area contributed by atoms with Crippen molar-refractivity contribution in [3.05, 3.63) is 55.9 Å². The van der Waals surface area contributed by atoms with Crippen molar-refractivity contribution in [1.82, 2.24) is 14.5 Å². The number of nitrogens with one attached hydrogen (secondary N) is 1. The van der Waals surface area contributed by atoms with Gasteiger partial charge < -0.3 is 20.7 Å². The third kappa shape index (κ3) is 3.48. The molecule has 1 unspecified atom stereocenters. The molecule has 1 aromatic carbocycles. The number of hydrogen-bond acceptors (Lipinski definition) is 8. The van der Waals surface area contributed by atoms with Gasteiger partial charge in [0.2, 0.25) is 5.95 Å². The highest BCUT2D eigenvalue weighted by Crippen LogP contribution is 2.44. The van der Waals surface area contributed by atoms with E-state index < -0.39 is 40.9 Å². The molecular weight excluding hydrogens is 396 g/mol. The van der Waals surface area contributed by atoms with Gasteiger partial charge in [-0.25, -0.2) is 0 Å². The van der Waals surface area contributed by atoms with Gasteiger partial charge >= 0.3 is 4.87 Å². The lowest BCUT2D eigenvalue weighted by Gasteiger charge is -2.24. The number of aliphatic hydroxyl groups is 2. The molecule has 0 spiro atoms. The van der Waals surface area contributed by atoms with Gasteiger partial charge in [-0.05, 0) is 18.4 Å². The molecule has 1 aliphatic rings. The van der Waals surface area contributed by atoms with Crippen LogP contribution in [-0.2, 0) is 4.74 Å². The monoisotopic (exact) mass is 418 g/mol. The lowest BCUT2D eigenvalue weighted by Crippen LogP contribution is -2.28. The average molecular weight is 418 g/mol. The smallest absolute Gasteiger partial charge is 0.311 e. The van der Waals surface area contributed by atoms with Crippen molar-refractivity contribution in [3.63, 3.8) is 0 Å². The van der Waals surface area contributed by atoms with Crippen LogP contribution in [0.25, 0.3) is 10.3 Å². The van der Waals surface area contributed by atoms with Crippen LogP contribution in [0.3, 0.4) is 0 Å². The highest BCUT2D eigenvalue weighted by molar-refractivity contribution is 7.16. The van der Waals surface area contributed by atoms with Crippen LogP contribution in [0.1, 0.15) is 37.7 Å². The van der Waals surface area contributed by atoms with Crippen LogP contribution in [0.5, 0.6) is 0 Å². The van der Waals surface area contributed by atoms with E-state index in [0.717, 1.165) is 11.3 Å². The Morgan fingerprint density at radius 1 is 1.34 bits per heavy atom. The summed E-state index contributed by atoms with van der Waals surface area (Å²) in [6.45, 7) is 1.83. The minimum Gasteiger partial charge on any atom is -0.390 e. The van der Waals surface area contributed by atoms with Gasteiger partial charge in [0.15, 0.2) is 5.65 Å². The van der Waals surface area contributed by atoms with Crippen LogP contribution < -0.4 is 16.2 Å². The number of nitrogens with two attached hydrogens (primary N) is 1. The summed E-state index contributed by atoms with van der Waals surface area (Å²) in [7, 11) is 0. The van der Waals surface area contributed by atoms with Crippen LogP contribution in [0.4, 0.5) is 5.95 Å². The highest BCUT2D eigenvalue weighted by atomic mass is 32.1. The molecule has 5 atom stereocenters. The Morgan fingerprint density at radius 2 is 2.07 bits per heavy atom. The van der Waals surface area contributed by atoms with E-state index in [1.54, 1.807) is 12.1 Å². The molecule has 1 saturated heterocycles. The summed E-state index contributed by atoms with van der Waals surface area (Å²) >= 11 is 0.747. The zero-order valence-electron chi connectivity index (χ0n) is 15.7. The molecule has 0 radical (unpaired) electrons. The molecule has 1 fully saturated rings. The second kappa shape index (κ2) is 7.71. The van der Waals surface area contributed by atoms with Gasteiger partial charge in [0, 0.05) is 5.92 Å². The van der Waals surface area contributed by atoms with Crippen molar-refractivity contribution in [3.8, 4) is 0 Å². The Hall–Kier alpha value is -2.53. The van der Waals surface area contributed by atoms with E-state index in [0.29, 0.717) is 18.4 Å². The highest BCUT2D eigenvalue weighted by Gasteiger charge is 2.44. The summed E-state index contributed by atoms with van der Waals surface area (Å²) in [6.07, 6.45) is -2.32. The van der Waals surface area contributed by atoms with Crippen molar-refractivity contribution in [1.29, 1.82) is 0 Å². The first-order chi connectivity index (χ1) is 13.9. The van der Waals surface area contributed by atoms with Crippen molar-refractivity contribution in [2.24, 2.45) is 5.92 Å². The number of anilines is 1. The molecule has 0 amide bonds. The number of thiazole rings is 1. The number of hydrogen-bond donors (Lipinski definition) is 4. The van der Waals surface area contributed by atoms with E-state index >= 15 is 0 Å². The zero-order valence-corrected chi connectivity index (χ0v) is 16.5. The summed E-state index contributed by atoms with van der Waals surface area (Å²) < 4.78 is 7.46. The molecule has 5 N–H and O–H groups in total. The molecule has 9 nitrogen and oxygen atoms in total. The molecule has 0 saturated carbocycles. The van der Waals surface area contributed by atoms with Crippen LogP contribution >= 0.6 is 11.3 Å². The van der Waals surface area contributed by atoms with E-state index in [2.05, 4.69) is 9.97 Å². The molecule has 3 heterocycles. The Morgan fingerprint density at radius 3 is 2.76 bits per heavy atom. The van der Waals surface area contributed by atoms with Crippen molar-refractivity contribution in [2.75, 3.05) is 5.73 Å². The largest absolute Gasteiger partial charge is 0.390 e. The third-order valence-electron chi connectivity index (χ3n) is 5.33. The standard InChI is InChI=1S/C19H22N4O5S/c1-2-11(24)12-8-10(13(25)9-6-4-3-5-7-9)17(28-12)23-15-14(29-19(23)27)16(26)22-18(20)21-15/h3-7,10-13,17,24-25H,2,8H2,1H3,(H3,20,21,22,26)/t10-,11-,12-,13?,17+/m0/s1. The molecule has 0 aliphatic carbocycles. The normalized spacial score (nSPS) is 24.0. The number of aromatic amines is 1. The number of nitrogen functional groups attached to an aromatic ring is 1. The molecule has 29 heavy (non-hydrogen) atoms. The van der Waals surface area contributed by atoms with E-state index in [9.17, 15) is 19.8 Å². The summed E-state index contributed by atoms with van der Waals surface area (Å²) in [5.41, 5.74) is 5.96. The van der Waals surface area contributed by atoms with Crippen molar-refractivity contribution in [2.45, 2.75) is 44.3 Å². The number of rotatable bonds is 5. The predicted octanol–water partition coefficient (Wildman–Crippen LogP) is 1.14. The minimum atomic E-state index is -0.934. The van der Waals surface area contributed by atoms with Gasteiger partial charge in [-0.1, -0.05) is 48.6 Å². The van der Waals surface area contributed by atoms with Crippen LogP contribution in [0.15, 0.2) is 39.9 Å². The van der Waals surface area contributed by atoms with Crippen LogP contribution in [-0.4, -0.2) is 37.0 Å². The molecular formula is C19H22N4O5S. The fourth-order valence-electron chi connectivity index (χ4n) is 3.84. The summed E-state index contributed by atoms with van der Waals surface area (Å²) in [6, 6.07) is 9.06. The summed E-state index contributed by atoms with van der Waals surface area (Å²) in [5.74, 6) is -0.640. The topological polar surface area (TPSA) is 143 Å². The second-order valence-electron chi connectivity index (χ2n) is 7.14. The maximum Gasteiger partial charge on any atom is 0.311 e. The zero-order chi connectivity index (χ0) is 20.7. The van der Waals surface area contributed by atoms with E-state index in [1.807, 2.05) is 25.1 Å². The molecule has 3 aromatic rings. The number of ether oxygens (including phenoxy) is 1. The maximum absolute atomic E-state index is 12.8. The molecule has 154 valence electrons. The number of aromatic nitrogens is 3. The summed E-state index contributed by atoms with van der Waals surface area (Å²) in [4.78, 5) is 31.0. The average Bonchev–Trinajstić information content (AvgIpc) is 3.28. The number of aliphatic hydroxyl groups excluding tert-OH is 2. The van der Waals surface area contributed by atoms with Gasteiger partial charge in [-0.2, -0.15) is 4.98 Å². The lowest BCUT2D eigenvalue weighted by atomic mass is 9.90. The van der Waals surface area contributed by atoms with E-state index in [1.165, 1.54) is 4.57 Å². The Kier molecular flexibility index (Phi) is 5.26. The van der Waals surface area contributed by atoms with Gasteiger partial charge in [0.1, 0.15) is 10.9 Å². The quantitative estimate of drug-likeness (QED) is 0.486. The first kappa shape index (κ1) is 19.8. The summed E-state index contributed by atoms with van der Waals surface area (Å²) in [5, 5.41) is 21.4. The Bertz CT molecular complexity index is 1130. The van der Waals surface area contributed by atoms with Gasteiger partial charge in [0.25, 0.3) is 5.56 Å². The fraction of sp³-hybridized carbons (Fsp3) is 0.421. The molecule has 0 bridgehead atoms. The first-order valence-corrected chi connectivity index (χ1v) is 10.2. The van der Waals surface area contributed by atoms with Gasteiger partial charge in [-0.3, -0.25) is 19.1 Å². The minimum absolute atomic E-state index is 0.114. The molecule has 1 aliphatic heterocycles. The lowest BCUT2D eigenvalue weighted by molar-refractivity contribution is -0.0750. The second-order valence-corrected chi connectivity index (χ2v) is 8.10. The molecule has 10 heteroatoms. The van der Waals surface area contributed by atoms with Crippen molar-refractivity contribution < 1.29 is 14.9 Å². The fourth-order valence-corrected chi connectivity index (χ4v) is 4.68.